The summed E-state index contributed by atoms with van der Waals surface area (Å²) in [4.78, 5) is 0. The molecule has 0 aliphatic heterocycles. The fraction of sp³-hybridized carbons (Fsp3) is 0.278. The van der Waals surface area contributed by atoms with Crippen molar-refractivity contribution in [2.45, 2.75) is 29.8 Å². The second kappa shape index (κ2) is 5.38. The molecule has 0 fully saturated rings. The number of nitrogens with zero attached hydrogens (tertiary/aromatic N) is 1. The number of nitriles is 1. The van der Waals surface area contributed by atoms with Gasteiger partial charge in [0.05, 0.1) is 11.6 Å². The van der Waals surface area contributed by atoms with E-state index in [1.165, 1.54) is 0 Å². The molecule has 2 aromatic rings. The molecule has 4 rings (SSSR count). The van der Waals surface area contributed by atoms with Gasteiger partial charge in [-0.15, -0.1) is 0 Å². The molecule has 0 heterocycles. The Hall–Kier alpha value is -2.80. The van der Waals surface area contributed by atoms with E-state index in [-0.39, 0.29) is 11.3 Å². The lowest BCUT2D eigenvalue weighted by Crippen LogP contribution is -2.53. The van der Waals surface area contributed by atoms with Crippen LogP contribution in [0.15, 0.2) is 30.3 Å². The Morgan fingerprint density at radius 2 is 1.75 bits per heavy atom. The Labute approximate surface area is 152 Å². The van der Waals surface area contributed by atoms with Gasteiger partial charge in [0.1, 0.15) is 17.3 Å². The van der Waals surface area contributed by atoms with Gasteiger partial charge in [-0.25, -0.2) is 13.2 Å². The summed E-state index contributed by atoms with van der Waals surface area (Å²) in [6, 6.07) is 5.43. The number of ether oxygens (including phenoxy) is 1. The van der Waals surface area contributed by atoms with Crippen LogP contribution in [0, 0.1) is 17.1 Å². The maximum Gasteiger partial charge on any atom is 0.349 e. The standard InChI is InChI=1S/C18H8F7NO2/c19-8-3-7(6-26)4-9(5-8)28-11-2-1-10-13-12(11)14(20)15(21)16(13,27)18(24,25)17(10,22)23/h1-5,14-15,27H/t14?,15?,16-/m0/s1. The first-order valence-electron chi connectivity index (χ1n) is 7.79. The van der Waals surface area contributed by atoms with E-state index >= 15 is 0 Å². The van der Waals surface area contributed by atoms with Crippen LogP contribution in [0.1, 0.15) is 28.4 Å². The van der Waals surface area contributed by atoms with Crippen LogP contribution in [-0.2, 0) is 11.5 Å². The van der Waals surface area contributed by atoms with Crippen LogP contribution in [0.5, 0.6) is 11.5 Å². The van der Waals surface area contributed by atoms with E-state index in [1.54, 1.807) is 6.07 Å². The van der Waals surface area contributed by atoms with Crippen LogP contribution in [0.4, 0.5) is 30.7 Å². The molecule has 1 N–H and O–H groups in total. The summed E-state index contributed by atoms with van der Waals surface area (Å²) < 4.78 is 104. The van der Waals surface area contributed by atoms with Crippen molar-refractivity contribution in [3.63, 3.8) is 0 Å². The third kappa shape index (κ3) is 1.97. The molecule has 2 aromatic carbocycles. The Morgan fingerprint density at radius 3 is 2.39 bits per heavy atom. The maximum absolute atomic E-state index is 14.5. The highest BCUT2D eigenvalue weighted by atomic mass is 19.3. The van der Waals surface area contributed by atoms with Gasteiger partial charge in [0.2, 0.25) is 0 Å². The van der Waals surface area contributed by atoms with Gasteiger partial charge in [-0.05, 0) is 24.3 Å². The molecule has 0 radical (unpaired) electrons. The van der Waals surface area contributed by atoms with Gasteiger partial charge in [-0.2, -0.15) is 22.8 Å². The molecule has 0 bridgehead atoms. The van der Waals surface area contributed by atoms with Gasteiger partial charge in [0.25, 0.3) is 0 Å². The highest BCUT2D eigenvalue weighted by molar-refractivity contribution is 5.62. The molecule has 0 amide bonds. The Balaban J connectivity index is 1.92. The van der Waals surface area contributed by atoms with Crippen molar-refractivity contribution >= 4 is 0 Å². The molecular weight excluding hydrogens is 395 g/mol. The minimum Gasteiger partial charge on any atom is -0.457 e. The van der Waals surface area contributed by atoms with Crippen LogP contribution < -0.4 is 4.74 Å². The average Bonchev–Trinajstić information content (AvgIpc) is 2.90. The maximum atomic E-state index is 14.5. The van der Waals surface area contributed by atoms with Gasteiger partial charge in [0, 0.05) is 22.8 Å². The third-order valence-electron chi connectivity index (χ3n) is 4.96. The molecule has 0 saturated heterocycles. The largest absolute Gasteiger partial charge is 0.457 e. The van der Waals surface area contributed by atoms with Gasteiger partial charge >= 0.3 is 11.8 Å². The molecule has 3 atom stereocenters. The van der Waals surface area contributed by atoms with Crippen molar-refractivity contribution in [1.29, 1.82) is 5.26 Å². The van der Waals surface area contributed by atoms with Crippen molar-refractivity contribution in [3.8, 4) is 17.6 Å². The van der Waals surface area contributed by atoms with Crippen molar-refractivity contribution in [1.82, 2.24) is 0 Å². The zero-order valence-electron chi connectivity index (χ0n) is 13.5. The number of halogens is 7. The van der Waals surface area contributed by atoms with E-state index in [0.29, 0.717) is 12.1 Å². The lowest BCUT2D eigenvalue weighted by atomic mass is 9.93. The molecule has 2 unspecified atom stereocenters. The summed E-state index contributed by atoms with van der Waals surface area (Å²) in [5.74, 6) is -12.2. The summed E-state index contributed by atoms with van der Waals surface area (Å²) in [5, 5.41) is 19.0. The average molecular weight is 403 g/mol. The molecular formula is C18H8F7NO2. The fourth-order valence-electron chi connectivity index (χ4n) is 3.68. The SMILES string of the molecule is N#Cc1cc(F)cc(Oc2ccc3c4c2C(F)C(F)[C@]4(O)C(F)(F)C3(F)F)c1. The monoisotopic (exact) mass is 403 g/mol. The number of hydrogen-bond donors (Lipinski definition) is 1. The highest BCUT2D eigenvalue weighted by Gasteiger charge is 2.82. The quantitative estimate of drug-likeness (QED) is 0.735. The number of benzene rings is 2. The Kier molecular flexibility index (Phi) is 3.57. The topological polar surface area (TPSA) is 53.2 Å². The molecule has 0 saturated carbocycles. The number of alkyl halides is 6. The molecule has 3 nitrogen and oxygen atoms in total. The lowest BCUT2D eigenvalue weighted by Gasteiger charge is -2.32. The Morgan fingerprint density at radius 1 is 1.07 bits per heavy atom. The van der Waals surface area contributed by atoms with Crippen molar-refractivity contribution < 1.29 is 40.6 Å². The zero-order valence-corrected chi connectivity index (χ0v) is 13.5. The van der Waals surface area contributed by atoms with Gasteiger partial charge < -0.3 is 9.84 Å². The third-order valence-corrected chi connectivity index (χ3v) is 4.96. The zero-order chi connectivity index (χ0) is 20.6. The molecule has 146 valence electrons. The summed E-state index contributed by atoms with van der Waals surface area (Å²) in [5.41, 5.74) is -7.98. The summed E-state index contributed by atoms with van der Waals surface area (Å²) >= 11 is 0. The predicted octanol–water partition coefficient (Wildman–Crippen LogP) is 4.78. The van der Waals surface area contributed by atoms with Crippen LogP contribution in [0.25, 0.3) is 0 Å². The minimum absolute atomic E-state index is 0.192. The van der Waals surface area contributed by atoms with E-state index in [1.807, 2.05) is 0 Å². The first-order valence-corrected chi connectivity index (χ1v) is 7.79. The molecule has 10 heteroatoms. The number of aliphatic hydroxyl groups is 1. The smallest absolute Gasteiger partial charge is 0.349 e. The van der Waals surface area contributed by atoms with Gasteiger partial charge in [-0.3, -0.25) is 0 Å². The summed E-state index contributed by atoms with van der Waals surface area (Å²) in [6.07, 6.45) is -6.27. The van der Waals surface area contributed by atoms with Crippen molar-refractivity contribution in [3.05, 3.63) is 58.4 Å². The van der Waals surface area contributed by atoms with Gasteiger partial charge in [-0.1, -0.05) is 0 Å². The van der Waals surface area contributed by atoms with E-state index in [2.05, 4.69) is 0 Å². The molecule has 2 aliphatic rings. The molecule has 0 aromatic heterocycles. The van der Waals surface area contributed by atoms with Crippen LogP contribution in [0.2, 0.25) is 0 Å². The molecule has 2 aliphatic carbocycles. The Bertz CT molecular complexity index is 1050. The summed E-state index contributed by atoms with van der Waals surface area (Å²) in [7, 11) is 0. The van der Waals surface area contributed by atoms with Crippen LogP contribution in [-0.4, -0.2) is 17.2 Å². The number of rotatable bonds is 2. The summed E-state index contributed by atoms with van der Waals surface area (Å²) in [6.45, 7) is 0. The first kappa shape index (κ1) is 18.6. The van der Waals surface area contributed by atoms with E-state index in [9.17, 15) is 35.8 Å². The van der Waals surface area contributed by atoms with Crippen LogP contribution in [0.3, 0.4) is 0 Å². The fourth-order valence-corrected chi connectivity index (χ4v) is 3.68. The second-order valence-electron chi connectivity index (χ2n) is 6.51. The minimum atomic E-state index is -5.30. The van der Waals surface area contributed by atoms with E-state index in [4.69, 9.17) is 10.00 Å². The number of hydrogen-bond acceptors (Lipinski definition) is 3. The van der Waals surface area contributed by atoms with Crippen LogP contribution >= 0.6 is 0 Å². The van der Waals surface area contributed by atoms with Crippen molar-refractivity contribution in [2.24, 2.45) is 0 Å². The first-order chi connectivity index (χ1) is 13.0. The highest BCUT2D eigenvalue weighted by Crippen LogP contribution is 2.69. The predicted molar refractivity (Wildman–Crippen MR) is 79.1 cm³/mol. The lowest BCUT2D eigenvalue weighted by molar-refractivity contribution is -0.302. The molecule has 28 heavy (non-hydrogen) atoms. The van der Waals surface area contributed by atoms with Crippen molar-refractivity contribution in [2.75, 3.05) is 0 Å². The van der Waals surface area contributed by atoms with Gasteiger partial charge in [0.15, 0.2) is 17.9 Å². The second-order valence-corrected chi connectivity index (χ2v) is 6.51. The molecule has 0 spiro atoms. The normalized spacial score (nSPS) is 28.7. The van der Waals surface area contributed by atoms with E-state index < -0.39 is 58.0 Å². The van der Waals surface area contributed by atoms with E-state index in [0.717, 1.165) is 18.2 Å².